The lowest BCUT2D eigenvalue weighted by Crippen LogP contribution is -2.40. The van der Waals surface area contributed by atoms with Crippen LogP contribution in [0.3, 0.4) is 0 Å². The van der Waals surface area contributed by atoms with Gasteiger partial charge in [0.15, 0.2) is 11.5 Å². The summed E-state index contributed by atoms with van der Waals surface area (Å²) in [6.45, 7) is 3.69. The number of hydrogen-bond donors (Lipinski definition) is 0. The van der Waals surface area contributed by atoms with Gasteiger partial charge in [-0.1, -0.05) is 30.0 Å². The Hall–Kier alpha value is -2.77. The summed E-state index contributed by atoms with van der Waals surface area (Å²) in [5.74, 6) is 1.55. The first-order valence-corrected chi connectivity index (χ1v) is 10.9. The summed E-state index contributed by atoms with van der Waals surface area (Å²) in [6.07, 6.45) is 0.871. The summed E-state index contributed by atoms with van der Waals surface area (Å²) in [5.41, 5.74) is 1.49. The molecule has 0 radical (unpaired) electrons. The van der Waals surface area contributed by atoms with Crippen LogP contribution >= 0.6 is 11.8 Å². The lowest BCUT2D eigenvalue weighted by molar-refractivity contribution is 0.0304. The zero-order chi connectivity index (χ0) is 20.3. The molecule has 2 aliphatic heterocycles. The Kier molecular flexibility index (Phi) is 5.46. The highest BCUT2D eigenvalue weighted by Crippen LogP contribution is 2.37. The van der Waals surface area contributed by atoms with Gasteiger partial charge in [-0.05, 0) is 30.3 Å². The number of para-hydroxylation sites is 1. The van der Waals surface area contributed by atoms with E-state index >= 15 is 0 Å². The van der Waals surface area contributed by atoms with Crippen LogP contribution < -0.4 is 9.47 Å². The van der Waals surface area contributed by atoms with Gasteiger partial charge in [0.05, 0.1) is 37.5 Å². The number of amides is 1. The molecule has 2 aliphatic rings. The van der Waals surface area contributed by atoms with E-state index < -0.39 is 0 Å². The van der Waals surface area contributed by atoms with Crippen LogP contribution in [0.4, 0.5) is 0 Å². The van der Waals surface area contributed by atoms with Crippen molar-refractivity contribution in [2.75, 3.05) is 39.5 Å². The SMILES string of the molecule is O=C(c1cc(Sc2ccc3c(c2)OCCCO3)nc2ccccc12)N1CCOCC1. The first kappa shape index (κ1) is 19.2. The van der Waals surface area contributed by atoms with E-state index in [4.69, 9.17) is 19.2 Å². The average Bonchev–Trinajstić information content (AvgIpc) is 3.04. The maximum absolute atomic E-state index is 13.2. The van der Waals surface area contributed by atoms with Gasteiger partial charge in [-0.3, -0.25) is 4.79 Å². The molecule has 7 heteroatoms. The Morgan fingerprint density at radius 1 is 0.933 bits per heavy atom. The summed E-state index contributed by atoms with van der Waals surface area (Å²) < 4.78 is 16.9. The van der Waals surface area contributed by atoms with Crippen molar-refractivity contribution < 1.29 is 19.0 Å². The molecule has 0 bridgehead atoms. The number of hydrogen-bond acceptors (Lipinski definition) is 6. The molecule has 1 fully saturated rings. The summed E-state index contributed by atoms with van der Waals surface area (Å²) in [5, 5.41) is 1.65. The first-order valence-electron chi connectivity index (χ1n) is 10.1. The van der Waals surface area contributed by atoms with Gasteiger partial charge in [-0.15, -0.1) is 0 Å². The van der Waals surface area contributed by atoms with Crippen molar-refractivity contribution >= 4 is 28.6 Å². The average molecular weight is 423 g/mol. The monoisotopic (exact) mass is 422 g/mol. The second-order valence-corrected chi connectivity index (χ2v) is 8.28. The fourth-order valence-electron chi connectivity index (χ4n) is 3.64. The van der Waals surface area contributed by atoms with Gasteiger partial charge < -0.3 is 19.1 Å². The van der Waals surface area contributed by atoms with Crippen LogP contribution in [-0.2, 0) is 4.74 Å². The highest BCUT2D eigenvalue weighted by molar-refractivity contribution is 7.99. The molecule has 5 rings (SSSR count). The predicted octanol–water partition coefficient (Wildman–Crippen LogP) is 4.02. The molecule has 6 nitrogen and oxygen atoms in total. The molecule has 0 atom stereocenters. The van der Waals surface area contributed by atoms with Gasteiger partial charge in [0, 0.05) is 29.8 Å². The fraction of sp³-hybridized carbons (Fsp3) is 0.304. The number of nitrogens with zero attached hydrogens (tertiary/aromatic N) is 2. The minimum Gasteiger partial charge on any atom is -0.490 e. The van der Waals surface area contributed by atoms with Crippen molar-refractivity contribution in [3.63, 3.8) is 0 Å². The van der Waals surface area contributed by atoms with Crippen molar-refractivity contribution in [2.24, 2.45) is 0 Å². The van der Waals surface area contributed by atoms with Gasteiger partial charge in [0.2, 0.25) is 0 Å². The van der Waals surface area contributed by atoms with E-state index in [0.717, 1.165) is 38.7 Å². The Labute approximate surface area is 179 Å². The van der Waals surface area contributed by atoms with Gasteiger partial charge in [-0.25, -0.2) is 4.98 Å². The normalized spacial score (nSPS) is 16.3. The number of fused-ring (bicyclic) bond motifs is 2. The molecule has 3 aromatic rings. The lowest BCUT2D eigenvalue weighted by Gasteiger charge is -2.27. The quantitative estimate of drug-likeness (QED) is 0.635. The van der Waals surface area contributed by atoms with Crippen LogP contribution in [0, 0.1) is 0 Å². The summed E-state index contributed by atoms with van der Waals surface area (Å²) in [7, 11) is 0. The Balaban J connectivity index is 1.49. The van der Waals surface area contributed by atoms with E-state index in [1.54, 1.807) is 0 Å². The van der Waals surface area contributed by atoms with E-state index in [-0.39, 0.29) is 5.91 Å². The Morgan fingerprint density at radius 2 is 1.73 bits per heavy atom. The number of benzene rings is 2. The number of aromatic nitrogens is 1. The standard InChI is InChI=1S/C23H22N2O4S/c26-23(25-8-12-27-13-9-25)18-15-22(24-19-5-2-1-4-17(18)19)30-16-6-7-20-21(14-16)29-11-3-10-28-20/h1-2,4-7,14-15H,3,8-13H2. The second kappa shape index (κ2) is 8.53. The molecule has 0 saturated carbocycles. The maximum atomic E-state index is 13.2. The number of morpholine rings is 1. The van der Waals surface area contributed by atoms with Gasteiger partial charge in [0.1, 0.15) is 5.03 Å². The molecular weight excluding hydrogens is 400 g/mol. The third-order valence-electron chi connectivity index (χ3n) is 5.16. The molecule has 30 heavy (non-hydrogen) atoms. The van der Waals surface area contributed by atoms with Crippen LogP contribution in [0.15, 0.2) is 58.5 Å². The topological polar surface area (TPSA) is 60.9 Å². The molecule has 1 amide bonds. The van der Waals surface area contributed by atoms with E-state index in [9.17, 15) is 4.79 Å². The zero-order valence-corrected chi connectivity index (χ0v) is 17.3. The minimum atomic E-state index is 0.0254. The lowest BCUT2D eigenvalue weighted by atomic mass is 10.1. The Morgan fingerprint density at radius 3 is 2.60 bits per heavy atom. The largest absolute Gasteiger partial charge is 0.490 e. The molecule has 1 saturated heterocycles. The van der Waals surface area contributed by atoms with Crippen molar-refractivity contribution in [3.8, 4) is 11.5 Å². The fourth-order valence-corrected chi connectivity index (χ4v) is 4.51. The van der Waals surface area contributed by atoms with Crippen LogP contribution in [-0.4, -0.2) is 55.3 Å². The van der Waals surface area contributed by atoms with Crippen molar-refractivity contribution in [2.45, 2.75) is 16.3 Å². The van der Waals surface area contributed by atoms with Crippen molar-refractivity contribution in [3.05, 3.63) is 54.1 Å². The van der Waals surface area contributed by atoms with Gasteiger partial charge >= 0.3 is 0 Å². The molecular formula is C23H22N2O4S. The predicted molar refractivity (Wildman–Crippen MR) is 115 cm³/mol. The van der Waals surface area contributed by atoms with E-state index in [1.165, 1.54) is 11.8 Å². The molecule has 154 valence electrons. The highest BCUT2D eigenvalue weighted by Gasteiger charge is 2.22. The summed E-state index contributed by atoms with van der Waals surface area (Å²) >= 11 is 1.52. The second-order valence-electron chi connectivity index (χ2n) is 7.19. The number of ether oxygens (including phenoxy) is 3. The third kappa shape index (κ3) is 3.95. The van der Waals surface area contributed by atoms with Crippen LogP contribution in [0.5, 0.6) is 11.5 Å². The van der Waals surface area contributed by atoms with E-state index in [1.807, 2.05) is 53.4 Å². The van der Waals surface area contributed by atoms with Crippen LogP contribution in [0.25, 0.3) is 10.9 Å². The number of carbonyl (C=O) groups is 1. The van der Waals surface area contributed by atoms with E-state index in [0.29, 0.717) is 45.1 Å². The minimum absolute atomic E-state index is 0.0254. The number of carbonyl (C=O) groups excluding carboxylic acids is 1. The molecule has 0 N–H and O–H groups in total. The Bertz CT molecular complexity index is 1080. The van der Waals surface area contributed by atoms with Crippen LogP contribution in [0.1, 0.15) is 16.8 Å². The molecule has 0 unspecified atom stereocenters. The summed E-state index contributed by atoms with van der Waals surface area (Å²) in [6, 6.07) is 15.6. The smallest absolute Gasteiger partial charge is 0.254 e. The molecule has 2 aromatic carbocycles. The summed E-state index contributed by atoms with van der Waals surface area (Å²) in [4.78, 5) is 20.9. The van der Waals surface area contributed by atoms with Crippen molar-refractivity contribution in [1.29, 1.82) is 0 Å². The van der Waals surface area contributed by atoms with Gasteiger partial charge in [-0.2, -0.15) is 0 Å². The number of rotatable bonds is 3. The zero-order valence-electron chi connectivity index (χ0n) is 16.5. The number of pyridine rings is 1. The highest BCUT2D eigenvalue weighted by atomic mass is 32.2. The molecule has 0 aliphatic carbocycles. The van der Waals surface area contributed by atoms with E-state index in [2.05, 4.69) is 0 Å². The third-order valence-corrected chi connectivity index (χ3v) is 6.07. The maximum Gasteiger partial charge on any atom is 0.254 e. The molecule has 3 heterocycles. The molecule has 1 aromatic heterocycles. The van der Waals surface area contributed by atoms with Crippen LogP contribution in [0.2, 0.25) is 0 Å². The first-order chi connectivity index (χ1) is 14.8. The van der Waals surface area contributed by atoms with Gasteiger partial charge in [0.25, 0.3) is 5.91 Å². The molecule has 0 spiro atoms. The van der Waals surface area contributed by atoms with Crippen molar-refractivity contribution in [1.82, 2.24) is 9.88 Å².